The van der Waals surface area contributed by atoms with Gasteiger partial charge < -0.3 is 14.3 Å². The predicted octanol–water partition coefficient (Wildman–Crippen LogP) is 2.54. The van der Waals surface area contributed by atoms with Crippen LogP contribution in [0.2, 0.25) is 0 Å². The van der Waals surface area contributed by atoms with Gasteiger partial charge in [-0.25, -0.2) is 9.59 Å². The Morgan fingerprint density at radius 3 is 2.85 bits per heavy atom. The highest BCUT2D eigenvalue weighted by Crippen LogP contribution is 2.33. The summed E-state index contributed by atoms with van der Waals surface area (Å²) in [4.78, 5) is 22.9. The molecule has 0 unspecified atom stereocenters. The molecule has 5 nitrogen and oxygen atoms in total. The summed E-state index contributed by atoms with van der Waals surface area (Å²) in [6, 6.07) is 4.00. The molecule has 2 aromatic rings. The number of phenolic OH excluding ortho intramolecular Hbond substituents is 1. The Kier molecular flexibility index (Phi) is 3.89. The van der Waals surface area contributed by atoms with E-state index >= 15 is 0 Å². The first-order chi connectivity index (χ1) is 9.55. The fraction of sp³-hybridized carbons (Fsp3) is 0.200. The lowest BCUT2D eigenvalue weighted by atomic mass is 10.0. The molecule has 0 saturated carbocycles. The van der Waals surface area contributed by atoms with Crippen molar-refractivity contribution in [1.29, 1.82) is 0 Å². The fourth-order valence-corrected chi connectivity index (χ4v) is 2.02. The van der Waals surface area contributed by atoms with Gasteiger partial charge in [-0.3, -0.25) is 0 Å². The van der Waals surface area contributed by atoms with Crippen LogP contribution in [0.15, 0.2) is 40.1 Å². The summed E-state index contributed by atoms with van der Waals surface area (Å²) in [5.41, 5.74) is 0.394. The Morgan fingerprint density at radius 2 is 2.20 bits per heavy atom. The van der Waals surface area contributed by atoms with E-state index in [1.165, 1.54) is 18.2 Å². The maximum atomic E-state index is 11.5. The van der Waals surface area contributed by atoms with E-state index < -0.39 is 11.6 Å². The van der Waals surface area contributed by atoms with Crippen LogP contribution in [0, 0.1) is 0 Å². The zero-order chi connectivity index (χ0) is 14.7. The number of aryl methyl sites for hydroxylation is 1. The smallest absolute Gasteiger partial charge is 0.336 e. The first-order valence-corrected chi connectivity index (χ1v) is 6.19. The van der Waals surface area contributed by atoms with E-state index in [0.717, 1.165) is 12.5 Å². The van der Waals surface area contributed by atoms with Crippen LogP contribution in [-0.4, -0.2) is 11.1 Å². The predicted molar refractivity (Wildman–Crippen MR) is 74.0 cm³/mol. The molecule has 20 heavy (non-hydrogen) atoms. The maximum Gasteiger partial charge on any atom is 0.336 e. The van der Waals surface area contributed by atoms with E-state index in [2.05, 4.69) is 6.58 Å². The molecule has 0 bridgehead atoms. The van der Waals surface area contributed by atoms with Gasteiger partial charge in [0.25, 0.3) is 0 Å². The molecule has 2 rings (SSSR count). The maximum absolute atomic E-state index is 11.5. The third-order valence-electron chi connectivity index (χ3n) is 2.77. The minimum atomic E-state index is -0.648. The van der Waals surface area contributed by atoms with E-state index in [4.69, 9.17) is 9.15 Å². The lowest BCUT2D eigenvalue weighted by molar-refractivity contribution is -0.128. The fourth-order valence-electron chi connectivity index (χ4n) is 2.02. The van der Waals surface area contributed by atoms with Crippen LogP contribution in [0.3, 0.4) is 0 Å². The van der Waals surface area contributed by atoms with Crippen molar-refractivity contribution in [1.82, 2.24) is 0 Å². The first-order valence-electron chi connectivity index (χ1n) is 6.19. The van der Waals surface area contributed by atoms with Gasteiger partial charge in [0.15, 0.2) is 0 Å². The third-order valence-corrected chi connectivity index (χ3v) is 2.77. The van der Waals surface area contributed by atoms with Crippen molar-refractivity contribution >= 4 is 16.9 Å². The second-order valence-corrected chi connectivity index (χ2v) is 4.28. The van der Waals surface area contributed by atoms with Crippen molar-refractivity contribution in [3.05, 3.63) is 46.8 Å². The molecule has 5 heteroatoms. The van der Waals surface area contributed by atoms with Gasteiger partial charge in [0, 0.05) is 24.3 Å². The van der Waals surface area contributed by atoms with Crippen LogP contribution in [0.25, 0.3) is 11.0 Å². The van der Waals surface area contributed by atoms with E-state index in [9.17, 15) is 14.7 Å². The molecule has 1 heterocycles. The molecule has 0 aliphatic rings. The number of esters is 1. The molecule has 0 amide bonds. The van der Waals surface area contributed by atoms with E-state index in [-0.39, 0.29) is 17.1 Å². The van der Waals surface area contributed by atoms with Crippen LogP contribution >= 0.6 is 0 Å². The summed E-state index contributed by atoms with van der Waals surface area (Å²) >= 11 is 0. The highest BCUT2D eigenvalue weighted by atomic mass is 16.5. The second-order valence-electron chi connectivity index (χ2n) is 4.28. The van der Waals surface area contributed by atoms with Gasteiger partial charge >= 0.3 is 11.6 Å². The number of phenols is 1. The van der Waals surface area contributed by atoms with Crippen LogP contribution in [0.4, 0.5) is 0 Å². The first kappa shape index (κ1) is 13.9. The van der Waals surface area contributed by atoms with Gasteiger partial charge in [0.05, 0.1) is 5.39 Å². The monoisotopic (exact) mass is 274 g/mol. The quantitative estimate of drug-likeness (QED) is 0.401. The van der Waals surface area contributed by atoms with E-state index in [1.807, 2.05) is 6.92 Å². The lowest BCUT2D eigenvalue weighted by Crippen LogP contribution is -2.06. The lowest BCUT2D eigenvalue weighted by Gasteiger charge is -2.10. The zero-order valence-corrected chi connectivity index (χ0v) is 11.0. The average Bonchev–Trinajstić information content (AvgIpc) is 2.37. The van der Waals surface area contributed by atoms with Gasteiger partial charge in [-0.1, -0.05) is 19.9 Å². The number of carbonyl (C=O) groups is 1. The molecule has 0 radical (unpaired) electrons. The van der Waals surface area contributed by atoms with Gasteiger partial charge in [-0.05, 0) is 12.0 Å². The zero-order valence-electron chi connectivity index (χ0n) is 11.0. The van der Waals surface area contributed by atoms with E-state index in [0.29, 0.717) is 17.4 Å². The summed E-state index contributed by atoms with van der Waals surface area (Å²) in [5, 5.41) is 10.1. The number of aromatic hydroxyl groups is 1. The topological polar surface area (TPSA) is 76.7 Å². The molecule has 104 valence electrons. The van der Waals surface area contributed by atoms with E-state index in [1.54, 1.807) is 0 Å². The molecular formula is C15H14O5. The van der Waals surface area contributed by atoms with Crippen LogP contribution in [-0.2, 0) is 11.2 Å². The second kappa shape index (κ2) is 5.61. The minimum absolute atomic E-state index is 0.150. The van der Waals surface area contributed by atoms with Crippen molar-refractivity contribution < 1.29 is 19.1 Å². The summed E-state index contributed by atoms with van der Waals surface area (Å²) in [5.74, 6) is -0.649. The summed E-state index contributed by atoms with van der Waals surface area (Å²) < 4.78 is 10.2. The highest BCUT2D eigenvalue weighted by Gasteiger charge is 2.14. The van der Waals surface area contributed by atoms with Gasteiger partial charge in [-0.2, -0.15) is 0 Å². The van der Waals surface area contributed by atoms with Crippen molar-refractivity contribution in [2.45, 2.75) is 19.8 Å². The molecular weight excluding hydrogens is 260 g/mol. The Labute approximate surface area is 115 Å². The van der Waals surface area contributed by atoms with Gasteiger partial charge in [-0.15, -0.1) is 0 Å². The molecule has 0 atom stereocenters. The molecule has 1 aromatic heterocycles. The van der Waals surface area contributed by atoms with Crippen molar-refractivity contribution in [3.63, 3.8) is 0 Å². The minimum Gasteiger partial charge on any atom is -0.508 e. The molecule has 0 spiro atoms. The van der Waals surface area contributed by atoms with Crippen LogP contribution in [0.5, 0.6) is 11.5 Å². The Hall–Kier alpha value is -2.56. The largest absolute Gasteiger partial charge is 0.508 e. The number of ether oxygens (including phenoxy) is 1. The molecule has 0 saturated heterocycles. The van der Waals surface area contributed by atoms with Crippen LogP contribution in [0.1, 0.15) is 18.9 Å². The average molecular weight is 274 g/mol. The molecule has 0 fully saturated rings. The summed E-state index contributed by atoms with van der Waals surface area (Å²) in [6.07, 6.45) is 2.47. The van der Waals surface area contributed by atoms with Crippen molar-refractivity contribution in [2.24, 2.45) is 0 Å². The Bertz CT molecular complexity index is 727. The molecule has 0 aliphatic heterocycles. The normalized spacial score (nSPS) is 10.4. The number of benzene rings is 1. The van der Waals surface area contributed by atoms with Crippen LogP contribution < -0.4 is 10.4 Å². The molecule has 0 aliphatic carbocycles. The third kappa shape index (κ3) is 2.71. The Balaban J connectivity index is 2.74. The molecule has 1 aromatic carbocycles. The number of fused-ring (bicyclic) bond motifs is 1. The van der Waals surface area contributed by atoms with Gasteiger partial charge in [0.1, 0.15) is 17.1 Å². The standard InChI is InChI=1S/C15H14O5/c1-3-5-9-6-14(18)20-12-8-10(16)7-11(15(9)12)19-13(17)4-2/h4,6-8,16H,2-3,5H2,1H3. The Morgan fingerprint density at radius 1 is 1.45 bits per heavy atom. The summed E-state index contributed by atoms with van der Waals surface area (Å²) in [7, 11) is 0. The van der Waals surface area contributed by atoms with Crippen molar-refractivity contribution in [3.8, 4) is 11.5 Å². The number of rotatable bonds is 4. The number of hydrogen-bond donors (Lipinski definition) is 1. The molecule has 1 N–H and O–H groups in total. The number of hydrogen-bond acceptors (Lipinski definition) is 5. The number of carbonyl (C=O) groups excluding carboxylic acids is 1. The van der Waals surface area contributed by atoms with Crippen molar-refractivity contribution in [2.75, 3.05) is 0 Å². The van der Waals surface area contributed by atoms with Gasteiger partial charge in [0.2, 0.25) is 0 Å². The highest BCUT2D eigenvalue weighted by molar-refractivity contribution is 5.92. The summed E-state index contributed by atoms with van der Waals surface area (Å²) in [6.45, 7) is 5.29. The SMILES string of the molecule is C=CC(=O)Oc1cc(O)cc2oc(=O)cc(CCC)c12.